The summed E-state index contributed by atoms with van der Waals surface area (Å²) in [5.41, 5.74) is 0. The summed E-state index contributed by atoms with van der Waals surface area (Å²) in [6, 6.07) is 0.390. The molecule has 0 aromatic carbocycles. The minimum atomic E-state index is 0.390. The van der Waals surface area contributed by atoms with Crippen LogP contribution in [0.1, 0.15) is 45.8 Å². The van der Waals surface area contributed by atoms with E-state index in [9.17, 15) is 0 Å². The van der Waals surface area contributed by atoms with Gasteiger partial charge in [0.1, 0.15) is 0 Å². The number of rotatable bonds is 9. The predicted octanol–water partition coefficient (Wildman–Crippen LogP) is 2.89. The van der Waals surface area contributed by atoms with Gasteiger partial charge in [-0.25, -0.2) is 0 Å². The van der Waals surface area contributed by atoms with Gasteiger partial charge in [-0.05, 0) is 31.6 Å². The van der Waals surface area contributed by atoms with Crippen molar-refractivity contribution in [2.45, 2.75) is 52.3 Å². The highest BCUT2D eigenvalue weighted by atomic mass is 32.2. The van der Waals surface area contributed by atoms with Gasteiger partial charge in [-0.2, -0.15) is 16.7 Å². The van der Waals surface area contributed by atoms with Crippen molar-refractivity contribution >= 4 is 11.8 Å². The Bertz CT molecular complexity index is 328. The second-order valence-corrected chi connectivity index (χ2v) is 6.10. The van der Waals surface area contributed by atoms with Gasteiger partial charge < -0.3 is 9.84 Å². The van der Waals surface area contributed by atoms with Crippen molar-refractivity contribution in [3.8, 4) is 0 Å². The standard InChI is InChI=1S/C13H25N3OS/c1-5-6-14-11(4)7-13-15-12(16-17-13)9-18-8-10(2)3/h10-11,14H,5-9H2,1-4H3. The van der Waals surface area contributed by atoms with Gasteiger partial charge in [-0.3, -0.25) is 0 Å². The molecule has 1 aromatic rings. The van der Waals surface area contributed by atoms with Gasteiger partial charge in [0.15, 0.2) is 5.82 Å². The molecule has 4 nitrogen and oxygen atoms in total. The third-order valence-corrected chi connectivity index (χ3v) is 3.78. The van der Waals surface area contributed by atoms with E-state index >= 15 is 0 Å². The highest BCUT2D eigenvalue weighted by Gasteiger charge is 2.10. The third-order valence-electron chi connectivity index (χ3n) is 2.42. The molecule has 1 heterocycles. The maximum Gasteiger partial charge on any atom is 0.228 e. The predicted molar refractivity (Wildman–Crippen MR) is 76.8 cm³/mol. The first kappa shape index (κ1) is 15.5. The number of nitrogens with one attached hydrogen (secondary N) is 1. The Kier molecular flexibility index (Phi) is 7.35. The van der Waals surface area contributed by atoms with Crippen molar-refractivity contribution in [3.63, 3.8) is 0 Å². The van der Waals surface area contributed by atoms with E-state index < -0.39 is 0 Å². The van der Waals surface area contributed by atoms with Gasteiger partial charge in [0, 0.05) is 12.5 Å². The Morgan fingerprint density at radius 3 is 2.78 bits per heavy atom. The van der Waals surface area contributed by atoms with E-state index in [2.05, 4.69) is 43.2 Å². The molecule has 0 radical (unpaired) electrons. The molecule has 0 amide bonds. The average Bonchev–Trinajstić information content (AvgIpc) is 2.73. The van der Waals surface area contributed by atoms with E-state index in [0.717, 1.165) is 42.6 Å². The van der Waals surface area contributed by atoms with Crippen LogP contribution in [0.15, 0.2) is 4.52 Å². The van der Waals surface area contributed by atoms with Crippen LogP contribution in [-0.4, -0.2) is 28.5 Å². The van der Waals surface area contributed by atoms with Crippen molar-refractivity contribution in [2.75, 3.05) is 12.3 Å². The van der Waals surface area contributed by atoms with E-state index in [-0.39, 0.29) is 0 Å². The molecule has 18 heavy (non-hydrogen) atoms. The van der Waals surface area contributed by atoms with Crippen molar-refractivity contribution in [1.82, 2.24) is 15.5 Å². The van der Waals surface area contributed by atoms with Crippen LogP contribution in [0.25, 0.3) is 0 Å². The number of thioether (sulfide) groups is 1. The fourth-order valence-corrected chi connectivity index (χ4v) is 2.43. The molecule has 0 saturated carbocycles. The molecule has 0 aliphatic rings. The molecule has 0 aliphatic carbocycles. The van der Waals surface area contributed by atoms with Gasteiger partial charge in [0.25, 0.3) is 0 Å². The molecule has 104 valence electrons. The normalized spacial score (nSPS) is 13.2. The number of nitrogens with zero attached hydrogens (tertiary/aromatic N) is 2. The smallest absolute Gasteiger partial charge is 0.228 e. The number of hydrogen-bond donors (Lipinski definition) is 1. The largest absolute Gasteiger partial charge is 0.339 e. The van der Waals surface area contributed by atoms with Gasteiger partial charge in [0.2, 0.25) is 5.89 Å². The second-order valence-electron chi connectivity index (χ2n) is 5.07. The Morgan fingerprint density at radius 1 is 1.33 bits per heavy atom. The van der Waals surface area contributed by atoms with E-state index in [1.165, 1.54) is 0 Å². The van der Waals surface area contributed by atoms with Crippen molar-refractivity contribution in [1.29, 1.82) is 0 Å². The molecule has 1 unspecified atom stereocenters. The molecule has 1 rings (SSSR count). The summed E-state index contributed by atoms with van der Waals surface area (Å²) in [5, 5.41) is 7.43. The van der Waals surface area contributed by atoms with Crippen molar-refractivity contribution in [3.05, 3.63) is 11.7 Å². The summed E-state index contributed by atoms with van der Waals surface area (Å²) in [7, 11) is 0. The van der Waals surface area contributed by atoms with Crippen LogP contribution in [0, 0.1) is 5.92 Å². The number of hydrogen-bond acceptors (Lipinski definition) is 5. The molecule has 5 heteroatoms. The van der Waals surface area contributed by atoms with Crippen LogP contribution in [0.5, 0.6) is 0 Å². The van der Waals surface area contributed by atoms with E-state index in [4.69, 9.17) is 4.52 Å². The highest BCUT2D eigenvalue weighted by Crippen LogP contribution is 2.13. The summed E-state index contributed by atoms with van der Waals surface area (Å²) in [4.78, 5) is 4.42. The van der Waals surface area contributed by atoms with Crippen LogP contribution in [-0.2, 0) is 12.2 Å². The third kappa shape index (κ3) is 6.40. The van der Waals surface area contributed by atoms with Crippen LogP contribution < -0.4 is 5.32 Å². The molecule has 0 aliphatic heterocycles. The Hall–Kier alpha value is -0.550. The molecular weight excluding hydrogens is 246 g/mol. The molecule has 0 saturated heterocycles. The van der Waals surface area contributed by atoms with Gasteiger partial charge >= 0.3 is 0 Å². The Labute approximate surface area is 114 Å². The molecular formula is C13H25N3OS. The lowest BCUT2D eigenvalue weighted by molar-refractivity contribution is 0.358. The number of aromatic nitrogens is 2. The van der Waals surface area contributed by atoms with Gasteiger partial charge in [0.05, 0.1) is 5.75 Å². The molecule has 0 spiro atoms. The second kappa shape index (κ2) is 8.53. The first-order valence-corrected chi connectivity index (χ1v) is 7.89. The monoisotopic (exact) mass is 271 g/mol. The molecule has 0 fully saturated rings. The fraction of sp³-hybridized carbons (Fsp3) is 0.846. The molecule has 1 aromatic heterocycles. The zero-order valence-corrected chi connectivity index (χ0v) is 12.7. The van der Waals surface area contributed by atoms with Crippen LogP contribution >= 0.6 is 11.8 Å². The summed E-state index contributed by atoms with van der Waals surface area (Å²) >= 11 is 1.86. The average molecular weight is 271 g/mol. The van der Waals surface area contributed by atoms with E-state index in [1.54, 1.807) is 0 Å². The zero-order chi connectivity index (χ0) is 13.4. The van der Waals surface area contributed by atoms with Crippen LogP contribution in [0.2, 0.25) is 0 Å². The lowest BCUT2D eigenvalue weighted by atomic mass is 10.2. The lowest BCUT2D eigenvalue weighted by Crippen LogP contribution is -2.28. The van der Waals surface area contributed by atoms with Crippen molar-refractivity contribution < 1.29 is 4.52 Å². The van der Waals surface area contributed by atoms with Gasteiger partial charge in [-0.1, -0.05) is 25.9 Å². The minimum absolute atomic E-state index is 0.390. The maximum atomic E-state index is 5.26. The van der Waals surface area contributed by atoms with E-state index in [0.29, 0.717) is 12.0 Å². The lowest BCUT2D eigenvalue weighted by Gasteiger charge is -2.09. The maximum absolute atomic E-state index is 5.26. The molecule has 1 atom stereocenters. The zero-order valence-electron chi connectivity index (χ0n) is 11.9. The summed E-state index contributed by atoms with van der Waals surface area (Å²) in [5.74, 6) is 4.25. The minimum Gasteiger partial charge on any atom is -0.339 e. The quantitative estimate of drug-likeness (QED) is 0.748. The van der Waals surface area contributed by atoms with Crippen LogP contribution in [0.4, 0.5) is 0 Å². The first-order chi connectivity index (χ1) is 8.61. The van der Waals surface area contributed by atoms with E-state index in [1.807, 2.05) is 11.8 Å². The van der Waals surface area contributed by atoms with Gasteiger partial charge in [-0.15, -0.1) is 0 Å². The van der Waals surface area contributed by atoms with Crippen molar-refractivity contribution in [2.24, 2.45) is 5.92 Å². The van der Waals surface area contributed by atoms with Crippen LogP contribution in [0.3, 0.4) is 0 Å². The highest BCUT2D eigenvalue weighted by molar-refractivity contribution is 7.98. The Morgan fingerprint density at radius 2 is 2.11 bits per heavy atom. The Balaban J connectivity index is 2.29. The topological polar surface area (TPSA) is 51.0 Å². The summed E-state index contributed by atoms with van der Waals surface area (Å²) in [6.07, 6.45) is 1.95. The first-order valence-electron chi connectivity index (χ1n) is 6.74. The summed E-state index contributed by atoms with van der Waals surface area (Å²) < 4.78 is 5.26. The fourth-order valence-electron chi connectivity index (χ4n) is 1.54. The summed E-state index contributed by atoms with van der Waals surface area (Å²) in [6.45, 7) is 9.78. The SMILES string of the molecule is CCCNC(C)Cc1nc(CSCC(C)C)no1. The molecule has 1 N–H and O–H groups in total. The molecule has 0 bridgehead atoms.